The predicted molar refractivity (Wildman–Crippen MR) is 110 cm³/mol. The van der Waals surface area contributed by atoms with Gasteiger partial charge in [0.1, 0.15) is 17.4 Å². The molecule has 7 heteroatoms. The van der Waals surface area contributed by atoms with Crippen LogP contribution in [0.25, 0.3) is 16.8 Å². The Morgan fingerprint density at radius 2 is 1.93 bits per heavy atom. The van der Waals surface area contributed by atoms with Gasteiger partial charge in [0, 0.05) is 23.2 Å². The van der Waals surface area contributed by atoms with Crippen molar-refractivity contribution in [2.24, 2.45) is 0 Å². The maximum absolute atomic E-state index is 12.5. The normalized spacial score (nSPS) is 11.0. The van der Waals surface area contributed by atoms with E-state index in [9.17, 15) is 20.2 Å². The number of nitro groups is 1. The van der Waals surface area contributed by atoms with Crippen LogP contribution in [0.5, 0.6) is 5.75 Å². The zero-order chi connectivity index (χ0) is 20.8. The highest BCUT2D eigenvalue weighted by atomic mass is 16.6. The summed E-state index contributed by atoms with van der Waals surface area (Å²) in [5.74, 6) is 0.0748. The second-order valence-electron chi connectivity index (χ2n) is 6.06. The van der Waals surface area contributed by atoms with E-state index in [1.165, 1.54) is 30.3 Å². The van der Waals surface area contributed by atoms with Gasteiger partial charge in [-0.15, -0.1) is 0 Å². The van der Waals surface area contributed by atoms with Crippen LogP contribution >= 0.6 is 0 Å². The molecular weight excluding hydrogens is 370 g/mol. The van der Waals surface area contributed by atoms with Crippen molar-refractivity contribution in [3.05, 3.63) is 81.9 Å². The molecule has 0 aliphatic carbocycles. The number of hydrogen-bond donors (Lipinski definition) is 1. The fourth-order valence-electron chi connectivity index (χ4n) is 2.90. The minimum absolute atomic E-state index is 0.120. The number of nitriles is 1. The Kier molecular flexibility index (Phi) is 5.85. The molecule has 0 fully saturated rings. The summed E-state index contributed by atoms with van der Waals surface area (Å²) in [6.07, 6.45) is 1.49. The maximum atomic E-state index is 12.5. The van der Waals surface area contributed by atoms with Crippen LogP contribution in [0.2, 0.25) is 0 Å². The quantitative estimate of drug-likeness (QED) is 0.286. The van der Waals surface area contributed by atoms with Gasteiger partial charge in [-0.3, -0.25) is 14.9 Å². The molecule has 0 spiro atoms. The second-order valence-corrected chi connectivity index (χ2v) is 6.06. The average Bonchev–Trinajstić information content (AvgIpc) is 2.73. The minimum Gasteiger partial charge on any atom is -0.493 e. The molecule has 0 aromatic heterocycles. The van der Waals surface area contributed by atoms with E-state index in [0.29, 0.717) is 12.2 Å². The van der Waals surface area contributed by atoms with Crippen molar-refractivity contribution >= 4 is 34.1 Å². The lowest BCUT2D eigenvalue weighted by atomic mass is 10.0. The largest absolute Gasteiger partial charge is 0.493 e. The van der Waals surface area contributed by atoms with Crippen LogP contribution in [-0.4, -0.2) is 17.4 Å². The van der Waals surface area contributed by atoms with Crippen molar-refractivity contribution in [1.82, 2.24) is 0 Å². The number of non-ortho nitro benzene ring substituents is 1. The van der Waals surface area contributed by atoms with Crippen molar-refractivity contribution in [1.29, 1.82) is 5.26 Å². The number of nitro benzene ring substituents is 1. The Balaban J connectivity index is 1.95. The minimum atomic E-state index is -0.647. The number of carbonyl (C=O) groups is 1. The molecule has 0 atom stereocenters. The second kappa shape index (κ2) is 8.67. The molecule has 0 unspecified atom stereocenters. The zero-order valence-corrected chi connectivity index (χ0v) is 15.6. The van der Waals surface area contributed by atoms with Gasteiger partial charge >= 0.3 is 0 Å². The third kappa shape index (κ3) is 4.39. The van der Waals surface area contributed by atoms with Crippen molar-refractivity contribution in [2.75, 3.05) is 11.9 Å². The molecular formula is C22H17N3O4. The molecule has 0 radical (unpaired) electrons. The van der Waals surface area contributed by atoms with Crippen LogP contribution in [0.3, 0.4) is 0 Å². The molecule has 3 aromatic carbocycles. The highest BCUT2D eigenvalue weighted by Crippen LogP contribution is 2.30. The third-order valence-electron chi connectivity index (χ3n) is 4.20. The van der Waals surface area contributed by atoms with Crippen LogP contribution in [0.4, 0.5) is 11.4 Å². The molecule has 0 bridgehead atoms. The summed E-state index contributed by atoms with van der Waals surface area (Å²) in [6.45, 7) is 2.42. The van der Waals surface area contributed by atoms with Gasteiger partial charge in [-0.25, -0.2) is 0 Å². The fourth-order valence-corrected chi connectivity index (χ4v) is 2.90. The summed E-state index contributed by atoms with van der Waals surface area (Å²) >= 11 is 0. The smallest absolute Gasteiger partial charge is 0.271 e. The fraction of sp³-hybridized carbons (Fsp3) is 0.0909. The maximum Gasteiger partial charge on any atom is 0.271 e. The van der Waals surface area contributed by atoms with Gasteiger partial charge in [-0.1, -0.05) is 36.4 Å². The van der Waals surface area contributed by atoms with E-state index in [1.807, 2.05) is 37.3 Å². The molecule has 7 nitrogen and oxygen atoms in total. The molecule has 0 aliphatic heterocycles. The van der Waals surface area contributed by atoms with Gasteiger partial charge in [-0.05, 0) is 36.1 Å². The van der Waals surface area contributed by atoms with Crippen molar-refractivity contribution in [2.45, 2.75) is 6.92 Å². The Bertz CT molecular complexity index is 1160. The molecule has 144 valence electrons. The van der Waals surface area contributed by atoms with E-state index >= 15 is 0 Å². The summed E-state index contributed by atoms with van der Waals surface area (Å²) in [4.78, 5) is 22.9. The van der Waals surface area contributed by atoms with Gasteiger partial charge in [0.2, 0.25) is 0 Å². The van der Waals surface area contributed by atoms with Gasteiger partial charge < -0.3 is 10.1 Å². The number of nitrogens with one attached hydrogen (secondary N) is 1. The van der Waals surface area contributed by atoms with Crippen LogP contribution in [0.1, 0.15) is 12.5 Å². The number of nitrogens with zero attached hydrogens (tertiary/aromatic N) is 2. The third-order valence-corrected chi connectivity index (χ3v) is 4.20. The van der Waals surface area contributed by atoms with Gasteiger partial charge in [0.05, 0.1) is 11.5 Å². The van der Waals surface area contributed by atoms with Crippen LogP contribution < -0.4 is 10.1 Å². The van der Waals surface area contributed by atoms with Crippen LogP contribution in [0, 0.1) is 21.4 Å². The molecule has 29 heavy (non-hydrogen) atoms. The van der Waals surface area contributed by atoms with E-state index in [0.717, 1.165) is 16.5 Å². The number of rotatable bonds is 6. The molecule has 1 N–H and O–H groups in total. The standard InChI is InChI=1S/C22H17N3O4/c1-2-29-21-11-10-15(19-8-3-4-9-20(19)21)12-16(14-23)22(26)24-17-6-5-7-18(13-17)25(27)28/h3-13H,2H2,1H3,(H,24,26)/b16-12+. The molecule has 3 rings (SSSR count). The Morgan fingerprint density at radius 3 is 2.62 bits per heavy atom. The number of ether oxygens (including phenoxy) is 1. The summed E-state index contributed by atoms with van der Waals surface area (Å²) in [5.41, 5.74) is 0.658. The number of benzene rings is 3. The first-order valence-electron chi connectivity index (χ1n) is 8.85. The van der Waals surface area contributed by atoms with Crippen molar-refractivity contribution < 1.29 is 14.5 Å². The first-order valence-corrected chi connectivity index (χ1v) is 8.85. The van der Waals surface area contributed by atoms with Crippen LogP contribution in [0.15, 0.2) is 66.2 Å². The first-order chi connectivity index (χ1) is 14.0. The summed E-state index contributed by atoms with van der Waals surface area (Å²) in [6, 6.07) is 18.6. The van der Waals surface area contributed by atoms with Gasteiger partial charge in [-0.2, -0.15) is 5.26 Å². The molecule has 3 aromatic rings. The molecule has 0 heterocycles. The lowest BCUT2D eigenvalue weighted by molar-refractivity contribution is -0.384. The number of hydrogen-bond acceptors (Lipinski definition) is 5. The zero-order valence-electron chi connectivity index (χ0n) is 15.6. The Labute approximate surface area is 167 Å². The SMILES string of the molecule is CCOc1ccc(/C=C(\C#N)C(=O)Nc2cccc([N+](=O)[O-])c2)c2ccccc12. The van der Waals surface area contributed by atoms with E-state index in [2.05, 4.69) is 5.32 Å². The van der Waals surface area contributed by atoms with E-state index < -0.39 is 10.8 Å². The lowest BCUT2D eigenvalue weighted by Crippen LogP contribution is -2.13. The summed E-state index contributed by atoms with van der Waals surface area (Å²) in [5, 5.41) is 24.6. The van der Waals surface area contributed by atoms with Crippen LogP contribution in [-0.2, 0) is 4.79 Å². The van der Waals surface area contributed by atoms with Gasteiger partial charge in [0.25, 0.3) is 11.6 Å². The molecule has 0 aliphatic rings. The van der Waals surface area contributed by atoms with E-state index in [4.69, 9.17) is 4.74 Å². The van der Waals surface area contributed by atoms with Crippen molar-refractivity contribution in [3.8, 4) is 11.8 Å². The molecule has 1 amide bonds. The Morgan fingerprint density at radius 1 is 1.17 bits per heavy atom. The lowest BCUT2D eigenvalue weighted by Gasteiger charge is -2.10. The predicted octanol–water partition coefficient (Wildman–Crippen LogP) is 4.69. The van der Waals surface area contributed by atoms with E-state index in [-0.39, 0.29) is 16.9 Å². The number of amides is 1. The highest BCUT2D eigenvalue weighted by molar-refractivity contribution is 6.11. The number of fused-ring (bicyclic) bond motifs is 1. The number of carbonyl (C=O) groups excluding carboxylic acids is 1. The molecule has 0 saturated heterocycles. The number of anilines is 1. The van der Waals surface area contributed by atoms with E-state index in [1.54, 1.807) is 12.1 Å². The monoisotopic (exact) mass is 387 g/mol. The van der Waals surface area contributed by atoms with Gasteiger partial charge in [0.15, 0.2) is 0 Å². The first kappa shape index (κ1) is 19.6. The molecule has 0 saturated carbocycles. The topological polar surface area (TPSA) is 105 Å². The highest BCUT2D eigenvalue weighted by Gasteiger charge is 2.13. The Hall–Kier alpha value is -4.18. The average molecular weight is 387 g/mol. The summed E-state index contributed by atoms with van der Waals surface area (Å²) < 4.78 is 5.64. The van der Waals surface area contributed by atoms with Crippen molar-refractivity contribution in [3.63, 3.8) is 0 Å². The summed E-state index contributed by atoms with van der Waals surface area (Å²) in [7, 11) is 0.